The summed E-state index contributed by atoms with van der Waals surface area (Å²) in [6.45, 7) is 16.1. The van der Waals surface area contributed by atoms with Crippen molar-refractivity contribution in [3.63, 3.8) is 0 Å². The molecule has 0 radical (unpaired) electrons. The van der Waals surface area contributed by atoms with E-state index in [0.29, 0.717) is 52.1 Å². The number of nitrogens with one attached hydrogen (secondary N) is 1. The van der Waals surface area contributed by atoms with Gasteiger partial charge in [-0.2, -0.15) is 5.10 Å². The SMILES string of the molecule is CCn1nc(Cl)c2c1-c1cnc(NCOP(OC(C)(C)C)OC(C)(C)C)c(c1)O[C@H](C)c1cc(F)ccc1/C(N)=C(/C=NC)C2. The molecule has 0 fully saturated rings. The lowest BCUT2D eigenvalue weighted by molar-refractivity contribution is 0.0350. The maximum Gasteiger partial charge on any atom is 0.335 e. The van der Waals surface area contributed by atoms with E-state index in [-0.39, 0.29) is 6.73 Å². The van der Waals surface area contributed by atoms with Crippen molar-refractivity contribution in [2.75, 3.05) is 19.1 Å². The fourth-order valence-electron chi connectivity index (χ4n) is 4.75. The Hall–Kier alpha value is -3.08. The van der Waals surface area contributed by atoms with Crippen LogP contribution in [0.25, 0.3) is 17.0 Å². The number of rotatable bonds is 8. The number of halogens is 2. The van der Waals surface area contributed by atoms with E-state index in [4.69, 9.17) is 40.6 Å². The van der Waals surface area contributed by atoms with E-state index >= 15 is 0 Å². The summed E-state index contributed by atoms with van der Waals surface area (Å²) in [6, 6.07) is 6.33. The van der Waals surface area contributed by atoms with Crippen LogP contribution in [-0.4, -0.2) is 46.0 Å². The van der Waals surface area contributed by atoms with E-state index in [1.54, 1.807) is 25.5 Å². The molecule has 244 valence electrons. The molecule has 2 bridgehead atoms. The van der Waals surface area contributed by atoms with E-state index in [9.17, 15) is 4.39 Å². The standard InChI is InChI=1S/C32H43ClFN6O4P/c1-10-40-28-21-14-26(30(37-17-21)38-18-41-45(43-31(3,4)5)44-32(6,7)8)42-19(2)24-15-22(34)11-12-23(24)27(35)20(16-36-9)13-25(28)29(33)39-40/h11-12,14-17,19H,10,13,18,35H2,1-9H3,(H,37,38)/b27-20-,36-16?/t19-/m1/s1. The van der Waals surface area contributed by atoms with E-state index in [1.807, 2.05) is 66.1 Å². The Balaban J connectivity index is 1.81. The number of aliphatic imine (C=N–C) groups is 1. The fraction of sp³-hybridized carbons (Fsp3) is 0.469. The van der Waals surface area contributed by atoms with Crippen LogP contribution in [0.3, 0.4) is 0 Å². The molecular formula is C32H43ClFN6O4P. The van der Waals surface area contributed by atoms with Crippen LogP contribution in [0.2, 0.25) is 5.15 Å². The average molecular weight is 661 g/mol. The Bertz CT molecular complexity index is 1560. The van der Waals surface area contributed by atoms with Crippen LogP contribution < -0.4 is 15.8 Å². The predicted octanol–water partition coefficient (Wildman–Crippen LogP) is 8.07. The molecule has 2 aromatic heterocycles. The largest absolute Gasteiger partial charge is 0.482 e. The summed E-state index contributed by atoms with van der Waals surface area (Å²) >= 11 is 6.73. The number of nitrogens with zero attached hydrogens (tertiary/aromatic N) is 4. The number of aryl methyl sites for hydroxylation is 1. The van der Waals surface area contributed by atoms with Gasteiger partial charge in [0.25, 0.3) is 0 Å². The fourth-order valence-corrected chi connectivity index (χ4v) is 6.20. The molecule has 0 amide bonds. The van der Waals surface area contributed by atoms with E-state index < -0.39 is 31.7 Å². The molecule has 0 saturated carbocycles. The molecule has 0 spiro atoms. The molecule has 4 rings (SSSR count). The zero-order valence-electron chi connectivity index (χ0n) is 27.4. The van der Waals surface area contributed by atoms with Crippen molar-refractivity contribution in [2.24, 2.45) is 10.7 Å². The third kappa shape index (κ3) is 8.80. The quantitative estimate of drug-likeness (QED) is 0.142. The van der Waals surface area contributed by atoms with Crippen molar-refractivity contribution in [1.82, 2.24) is 14.8 Å². The molecule has 13 heteroatoms. The number of pyridine rings is 1. The minimum Gasteiger partial charge on any atom is -0.482 e. The van der Waals surface area contributed by atoms with Gasteiger partial charge in [-0.15, -0.1) is 0 Å². The molecule has 3 N–H and O–H groups in total. The summed E-state index contributed by atoms with van der Waals surface area (Å²) < 4.78 is 41.1. The van der Waals surface area contributed by atoms with Crippen LogP contribution in [-0.2, 0) is 26.5 Å². The first-order valence-corrected chi connectivity index (χ1v) is 16.3. The Morgan fingerprint density at radius 2 is 1.89 bits per heavy atom. The summed E-state index contributed by atoms with van der Waals surface area (Å²) in [7, 11) is -0.0182. The van der Waals surface area contributed by atoms with Gasteiger partial charge in [-0.3, -0.25) is 14.2 Å². The van der Waals surface area contributed by atoms with Crippen LogP contribution >= 0.6 is 20.2 Å². The monoisotopic (exact) mass is 660 g/mol. The van der Waals surface area contributed by atoms with Crippen molar-refractivity contribution in [2.45, 2.75) is 85.7 Å². The van der Waals surface area contributed by atoms with Crippen LogP contribution in [0.1, 0.15) is 78.2 Å². The molecule has 0 unspecified atom stereocenters. The van der Waals surface area contributed by atoms with Crippen molar-refractivity contribution >= 4 is 37.9 Å². The Kier molecular flexibility index (Phi) is 10.9. The minimum atomic E-state index is -1.69. The Labute approximate surface area is 271 Å². The smallest absolute Gasteiger partial charge is 0.335 e. The number of aromatic nitrogens is 3. The van der Waals surface area contributed by atoms with Gasteiger partial charge in [0.1, 0.15) is 18.7 Å². The van der Waals surface area contributed by atoms with Gasteiger partial charge >= 0.3 is 8.60 Å². The second-order valence-electron chi connectivity index (χ2n) is 12.6. The first-order chi connectivity index (χ1) is 21.1. The van der Waals surface area contributed by atoms with Gasteiger partial charge < -0.3 is 24.8 Å². The molecule has 45 heavy (non-hydrogen) atoms. The number of hydrogen-bond donors (Lipinski definition) is 2. The van der Waals surface area contributed by atoms with Gasteiger partial charge in [0.05, 0.1) is 16.9 Å². The van der Waals surface area contributed by atoms with Crippen LogP contribution in [0.4, 0.5) is 10.2 Å². The summed E-state index contributed by atoms with van der Waals surface area (Å²) in [4.78, 5) is 8.97. The summed E-state index contributed by atoms with van der Waals surface area (Å²) in [5.41, 5.74) is 10.5. The van der Waals surface area contributed by atoms with Gasteiger partial charge in [-0.1, -0.05) is 11.6 Å². The Morgan fingerprint density at radius 3 is 2.51 bits per heavy atom. The molecule has 0 aliphatic carbocycles. The first kappa shape index (κ1) is 34.8. The normalized spacial score (nSPS) is 17.5. The van der Waals surface area contributed by atoms with E-state index in [1.165, 1.54) is 12.1 Å². The number of ether oxygens (including phenoxy) is 1. The highest BCUT2D eigenvalue weighted by molar-refractivity contribution is 7.41. The average Bonchev–Trinajstić information content (AvgIpc) is 3.25. The lowest BCUT2D eigenvalue weighted by atomic mass is 9.94. The molecule has 1 atom stereocenters. The summed E-state index contributed by atoms with van der Waals surface area (Å²) in [5.74, 6) is 0.426. The highest BCUT2D eigenvalue weighted by atomic mass is 35.5. The predicted molar refractivity (Wildman–Crippen MR) is 179 cm³/mol. The number of benzene rings is 1. The lowest BCUT2D eigenvalue weighted by Crippen LogP contribution is -2.23. The summed E-state index contributed by atoms with van der Waals surface area (Å²) in [5, 5.41) is 8.14. The molecule has 1 aliphatic heterocycles. The summed E-state index contributed by atoms with van der Waals surface area (Å²) in [6.07, 6.45) is 3.15. The van der Waals surface area contributed by atoms with Gasteiger partial charge in [0, 0.05) is 60.4 Å². The van der Waals surface area contributed by atoms with Crippen molar-refractivity contribution in [3.8, 4) is 17.0 Å². The van der Waals surface area contributed by atoms with Crippen molar-refractivity contribution in [1.29, 1.82) is 0 Å². The molecule has 10 nitrogen and oxygen atoms in total. The Morgan fingerprint density at radius 1 is 1.20 bits per heavy atom. The highest BCUT2D eigenvalue weighted by Crippen LogP contribution is 2.47. The van der Waals surface area contributed by atoms with Crippen LogP contribution in [0, 0.1) is 5.82 Å². The first-order valence-electron chi connectivity index (χ1n) is 14.8. The topological polar surface area (TPSA) is 118 Å². The van der Waals surface area contributed by atoms with Gasteiger partial charge in [-0.05, 0) is 85.2 Å². The van der Waals surface area contributed by atoms with Crippen LogP contribution in [0.15, 0.2) is 41.0 Å². The number of hydrogen-bond acceptors (Lipinski definition) is 9. The van der Waals surface area contributed by atoms with Gasteiger partial charge in [0.2, 0.25) is 0 Å². The third-order valence-corrected chi connectivity index (χ3v) is 8.61. The third-order valence-electron chi connectivity index (χ3n) is 6.58. The minimum absolute atomic E-state index is 0.0273. The molecule has 1 aromatic carbocycles. The molecule has 3 aromatic rings. The maximum absolute atomic E-state index is 14.6. The van der Waals surface area contributed by atoms with Crippen molar-refractivity contribution < 1.29 is 22.7 Å². The number of allylic oxidation sites excluding steroid dienone is 1. The van der Waals surface area contributed by atoms with E-state index in [2.05, 4.69) is 15.4 Å². The number of fused-ring (bicyclic) bond motifs is 5. The highest BCUT2D eigenvalue weighted by Gasteiger charge is 2.28. The van der Waals surface area contributed by atoms with Gasteiger partial charge in [0.15, 0.2) is 16.7 Å². The van der Waals surface area contributed by atoms with Crippen LogP contribution in [0.5, 0.6) is 5.75 Å². The molecule has 3 heterocycles. The molecule has 1 aliphatic rings. The zero-order valence-corrected chi connectivity index (χ0v) is 29.0. The maximum atomic E-state index is 14.6. The van der Waals surface area contributed by atoms with Crippen molar-refractivity contribution in [3.05, 3.63) is 63.7 Å². The second-order valence-corrected chi connectivity index (χ2v) is 14.0. The second kappa shape index (κ2) is 14.1. The number of anilines is 1. The van der Waals surface area contributed by atoms with E-state index in [0.717, 1.165) is 16.8 Å². The number of nitrogens with two attached hydrogens (primary N) is 1. The molecular weight excluding hydrogens is 618 g/mol. The zero-order chi connectivity index (χ0) is 33.1. The van der Waals surface area contributed by atoms with Gasteiger partial charge in [-0.25, -0.2) is 9.37 Å². The lowest BCUT2D eigenvalue weighted by Gasteiger charge is -2.30. The molecule has 0 saturated heterocycles.